The lowest BCUT2D eigenvalue weighted by Crippen LogP contribution is -2.50. The molecule has 0 saturated heterocycles. The van der Waals surface area contributed by atoms with Crippen LogP contribution in [0.15, 0.2) is 0 Å². The van der Waals surface area contributed by atoms with E-state index in [1.807, 2.05) is 0 Å². The highest BCUT2D eigenvalue weighted by Gasteiger charge is 2.24. The first kappa shape index (κ1) is 42.5. The average Bonchev–Trinajstić information content (AvgIpc) is 2.95. The first-order valence-corrected chi connectivity index (χ1v) is 16.9. The largest absolute Gasteiger partial charge is 0.330 e. The molecule has 0 atom stereocenters. The van der Waals surface area contributed by atoms with Gasteiger partial charge in [-0.3, -0.25) is 19.6 Å². The molecule has 0 heterocycles. The zero-order chi connectivity index (χ0) is 32.4. The van der Waals surface area contributed by atoms with Crippen LogP contribution in [0.1, 0.15) is 40.5 Å². The Morgan fingerprint density at radius 2 is 0.860 bits per heavy atom. The Labute approximate surface area is 265 Å². The fourth-order valence-electron chi connectivity index (χ4n) is 5.36. The minimum atomic E-state index is 0.0389. The standard InChI is InChI=1S/C30H75N13/c1-29(2,5-7-31)39-17-23-42(27-25-40(18-10-34)19-11-35)28-26-41(21-14-37-13-9-33)22-15-38-16-24-43(20-12-36)30(3,4)6-8-32/h37-39H,5-28,31-36H2,1-4H3. The Bertz CT molecular complexity index is 603. The summed E-state index contributed by atoms with van der Waals surface area (Å²) >= 11 is 0. The quantitative estimate of drug-likeness (QED) is 0.0347. The lowest BCUT2D eigenvalue weighted by atomic mass is 9.98. The summed E-state index contributed by atoms with van der Waals surface area (Å²) in [7, 11) is 0. The predicted octanol–water partition coefficient (Wildman–Crippen LogP) is -2.95. The molecule has 0 bridgehead atoms. The van der Waals surface area contributed by atoms with Crippen LogP contribution in [0.5, 0.6) is 0 Å². The molecule has 0 aliphatic carbocycles. The van der Waals surface area contributed by atoms with Crippen LogP contribution in [0.4, 0.5) is 0 Å². The lowest BCUT2D eigenvalue weighted by Gasteiger charge is -2.38. The van der Waals surface area contributed by atoms with Crippen molar-refractivity contribution in [2.45, 2.75) is 51.6 Å². The molecule has 0 radical (unpaired) electrons. The second-order valence-corrected chi connectivity index (χ2v) is 12.9. The topological polar surface area (TPSA) is 205 Å². The van der Waals surface area contributed by atoms with Gasteiger partial charge in [0.2, 0.25) is 0 Å². The van der Waals surface area contributed by atoms with Gasteiger partial charge in [-0.05, 0) is 53.6 Å². The molecule has 0 aromatic heterocycles. The smallest absolute Gasteiger partial charge is 0.0166 e. The van der Waals surface area contributed by atoms with Crippen molar-refractivity contribution in [1.82, 2.24) is 35.6 Å². The Balaban J connectivity index is 5.12. The number of nitrogens with one attached hydrogen (secondary N) is 3. The third-order valence-electron chi connectivity index (χ3n) is 8.26. The molecule has 260 valence electrons. The molecule has 13 heteroatoms. The van der Waals surface area contributed by atoms with Gasteiger partial charge in [-0.2, -0.15) is 0 Å². The van der Waals surface area contributed by atoms with Gasteiger partial charge in [0.25, 0.3) is 0 Å². The summed E-state index contributed by atoms with van der Waals surface area (Å²) in [5.41, 5.74) is 35.1. The zero-order valence-corrected chi connectivity index (χ0v) is 28.7. The van der Waals surface area contributed by atoms with Gasteiger partial charge < -0.3 is 50.4 Å². The lowest BCUT2D eigenvalue weighted by molar-refractivity contribution is 0.117. The van der Waals surface area contributed by atoms with Gasteiger partial charge in [-0.25, -0.2) is 0 Å². The number of rotatable bonds is 32. The van der Waals surface area contributed by atoms with Gasteiger partial charge in [-0.1, -0.05) is 0 Å². The number of hydrogen-bond donors (Lipinski definition) is 9. The molecule has 0 rings (SSSR count). The first-order chi connectivity index (χ1) is 20.6. The third kappa shape index (κ3) is 22.6. The molecule has 43 heavy (non-hydrogen) atoms. The molecule has 0 amide bonds. The Hall–Kier alpha value is -0.520. The molecular formula is C30H75N13. The van der Waals surface area contributed by atoms with Crippen molar-refractivity contribution < 1.29 is 0 Å². The molecule has 0 aliphatic rings. The number of nitrogens with two attached hydrogens (primary N) is 6. The summed E-state index contributed by atoms with van der Waals surface area (Å²) in [6.45, 7) is 28.1. The van der Waals surface area contributed by atoms with E-state index in [4.69, 9.17) is 34.4 Å². The second-order valence-electron chi connectivity index (χ2n) is 12.9. The molecule has 0 saturated carbocycles. The van der Waals surface area contributed by atoms with Crippen LogP contribution in [-0.2, 0) is 0 Å². The van der Waals surface area contributed by atoms with Crippen molar-refractivity contribution in [2.75, 3.05) is 144 Å². The molecule has 15 N–H and O–H groups in total. The second kappa shape index (κ2) is 26.7. The summed E-state index contributed by atoms with van der Waals surface area (Å²) in [6, 6.07) is 0. The van der Waals surface area contributed by atoms with Crippen molar-refractivity contribution in [1.29, 1.82) is 0 Å². The van der Waals surface area contributed by atoms with Gasteiger partial charge >= 0.3 is 0 Å². The zero-order valence-electron chi connectivity index (χ0n) is 28.7. The summed E-state index contributed by atoms with van der Waals surface area (Å²) < 4.78 is 0. The molecule has 0 spiro atoms. The molecule has 0 unspecified atom stereocenters. The van der Waals surface area contributed by atoms with Gasteiger partial charge in [0.15, 0.2) is 0 Å². The van der Waals surface area contributed by atoms with Crippen molar-refractivity contribution in [3.63, 3.8) is 0 Å². The van der Waals surface area contributed by atoms with Crippen LogP contribution in [-0.4, -0.2) is 175 Å². The van der Waals surface area contributed by atoms with Crippen LogP contribution >= 0.6 is 0 Å². The maximum atomic E-state index is 5.91. The van der Waals surface area contributed by atoms with Crippen LogP contribution in [0, 0.1) is 0 Å². The molecule has 13 nitrogen and oxygen atoms in total. The van der Waals surface area contributed by atoms with E-state index in [-0.39, 0.29) is 11.1 Å². The minimum absolute atomic E-state index is 0.0389. The highest BCUT2D eigenvalue weighted by molar-refractivity contribution is 4.83. The summed E-state index contributed by atoms with van der Waals surface area (Å²) in [4.78, 5) is 9.97. The number of nitrogens with zero attached hydrogens (tertiary/aromatic N) is 4. The van der Waals surface area contributed by atoms with E-state index < -0.39 is 0 Å². The fourth-order valence-corrected chi connectivity index (χ4v) is 5.36. The van der Waals surface area contributed by atoms with Crippen molar-refractivity contribution in [2.24, 2.45) is 34.4 Å². The third-order valence-corrected chi connectivity index (χ3v) is 8.26. The van der Waals surface area contributed by atoms with Crippen molar-refractivity contribution in [3.8, 4) is 0 Å². The van der Waals surface area contributed by atoms with Crippen LogP contribution in [0.2, 0.25) is 0 Å². The average molecular weight is 618 g/mol. The summed E-state index contributed by atoms with van der Waals surface area (Å²) in [5, 5.41) is 10.9. The summed E-state index contributed by atoms with van der Waals surface area (Å²) in [5.74, 6) is 0. The van der Waals surface area contributed by atoms with Gasteiger partial charge in [0.1, 0.15) is 0 Å². The van der Waals surface area contributed by atoms with Crippen molar-refractivity contribution >= 4 is 0 Å². The van der Waals surface area contributed by atoms with Gasteiger partial charge in [-0.15, -0.1) is 0 Å². The minimum Gasteiger partial charge on any atom is -0.330 e. The molecule has 0 fully saturated rings. The van der Waals surface area contributed by atoms with Gasteiger partial charge in [0, 0.05) is 142 Å². The van der Waals surface area contributed by atoms with E-state index >= 15 is 0 Å². The van der Waals surface area contributed by atoms with E-state index in [1.165, 1.54) is 0 Å². The fraction of sp³-hybridized carbons (Fsp3) is 1.00. The summed E-state index contributed by atoms with van der Waals surface area (Å²) in [6.07, 6.45) is 1.92. The normalized spacial score (nSPS) is 13.0. The monoisotopic (exact) mass is 618 g/mol. The Kier molecular flexibility index (Phi) is 26.4. The highest BCUT2D eigenvalue weighted by atomic mass is 15.2. The predicted molar refractivity (Wildman–Crippen MR) is 186 cm³/mol. The van der Waals surface area contributed by atoms with E-state index in [0.29, 0.717) is 39.3 Å². The van der Waals surface area contributed by atoms with Crippen molar-refractivity contribution in [3.05, 3.63) is 0 Å². The first-order valence-electron chi connectivity index (χ1n) is 16.9. The van der Waals surface area contributed by atoms with Gasteiger partial charge in [0.05, 0.1) is 0 Å². The molecular weight excluding hydrogens is 542 g/mol. The Morgan fingerprint density at radius 1 is 0.419 bits per heavy atom. The highest BCUT2D eigenvalue weighted by Crippen LogP contribution is 2.17. The maximum absolute atomic E-state index is 5.91. The molecule has 0 aliphatic heterocycles. The SMILES string of the molecule is CC(C)(CCN)NCCN(CCN(CCN)CCN)CCN(CCNCCN)CCNCCN(CCN)C(C)(C)CCN. The van der Waals surface area contributed by atoms with E-state index in [0.717, 1.165) is 118 Å². The van der Waals surface area contributed by atoms with E-state index in [2.05, 4.69) is 63.2 Å². The van der Waals surface area contributed by atoms with E-state index in [9.17, 15) is 0 Å². The maximum Gasteiger partial charge on any atom is 0.0166 e. The number of hydrogen-bond acceptors (Lipinski definition) is 13. The van der Waals surface area contributed by atoms with Crippen LogP contribution in [0.3, 0.4) is 0 Å². The molecule has 0 aromatic rings. The van der Waals surface area contributed by atoms with E-state index in [1.54, 1.807) is 0 Å². The van der Waals surface area contributed by atoms with Crippen LogP contribution < -0.4 is 50.4 Å². The molecule has 0 aromatic carbocycles. The van der Waals surface area contributed by atoms with Crippen LogP contribution in [0.25, 0.3) is 0 Å². The Morgan fingerprint density at radius 3 is 1.35 bits per heavy atom.